The summed E-state index contributed by atoms with van der Waals surface area (Å²) in [5.41, 5.74) is 0. The maximum atomic E-state index is 10.6. The van der Waals surface area contributed by atoms with Crippen LogP contribution in [0.2, 0.25) is 0 Å². The molecule has 6 nitrogen and oxygen atoms in total. The number of thiol groups is 1. The van der Waals surface area contributed by atoms with Gasteiger partial charge in [0.2, 0.25) is 0 Å². The van der Waals surface area contributed by atoms with Gasteiger partial charge in [-0.3, -0.25) is 4.72 Å². The Kier molecular flexibility index (Phi) is 8.48. The largest absolute Gasteiger partial charge is 0.394 e. The average molecular weight is 323 g/mol. The Hall–Kier alpha value is 0.110. The lowest BCUT2D eigenvalue weighted by molar-refractivity contribution is -0.318. The standard InChI is InChI=1S/C14H29NO5S/c1-2-3-4-5-6-7-8-14(19)13(15-21)12(18)11(17)10(9-16)20-14/h10-13,15-19,21H,2-9H2,1H3/t10-,11-,12+,13-,14?/m1/s1. The number of aliphatic hydroxyl groups excluding tert-OH is 3. The van der Waals surface area contributed by atoms with Crippen LogP contribution >= 0.6 is 12.8 Å². The highest BCUT2D eigenvalue weighted by Crippen LogP contribution is 2.32. The van der Waals surface area contributed by atoms with Crippen molar-refractivity contribution in [3.63, 3.8) is 0 Å². The van der Waals surface area contributed by atoms with Crippen LogP contribution in [0, 0.1) is 0 Å². The number of hydrogen-bond acceptors (Lipinski definition) is 7. The monoisotopic (exact) mass is 323 g/mol. The van der Waals surface area contributed by atoms with Crippen molar-refractivity contribution in [2.24, 2.45) is 0 Å². The Balaban J connectivity index is 2.54. The molecule has 0 aromatic rings. The minimum absolute atomic E-state index is 0.317. The van der Waals surface area contributed by atoms with Gasteiger partial charge in [-0.25, -0.2) is 0 Å². The average Bonchev–Trinajstić information content (AvgIpc) is 2.47. The zero-order chi connectivity index (χ0) is 15.9. The molecule has 1 aliphatic heterocycles. The van der Waals surface area contributed by atoms with Crippen LogP contribution in [0.4, 0.5) is 0 Å². The predicted molar refractivity (Wildman–Crippen MR) is 82.8 cm³/mol. The summed E-state index contributed by atoms with van der Waals surface area (Å²) in [5.74, 6) is -1.64. The van der Waals surface area contributed by atoms with Gasteiger partial charge in [-0.2, -0.15) is 0 Å². The summed E-state index contributed by atoms with van der Waals surface area (Å²) < 4.78 is 7.93. The molecule has 1 unspecified atom stereocenters. The summed E-state index contributed by atoms with van der Waals surface area (Å²) >= 11 is 3.90. The number of ether oxygens (including phenoxy) is 1. The van der Waals surface area contributed by atoms with E-state index in [0.29, 0.717) is 6.42 Å². The fraction of sp³-hybridized carbons (Fsp3) is 1.00. The zero-order valence-electron chi connectivity index (χ0n) is 12.6. The van der Waals surface area contributed by atoms with Gasteiger partial charge in [0.25, 0.3) is 0 Å². The van der Waals surface area contributed by atoms with Gasteiger partial charge >= 0.3 is 0 Å². The number of rotatable bonds is 9. The minimum Gasteiger partial charge on any atom is -0.394 e. The Morgan fingerprint density at radius 3 is 2.29 bits per heavy atom. The van der Waals surface area contributed by atoms with E-state index in [9.17, 15) is 20.4 Å². The number of hydrogen-bond donors (Lipinski definition) is 6. The highest BCUT2D eigenvalue weighted by Gasteiger charge is 2.52. The second kappa shape index (κ2) is 9.29. The molecule has 1 heterocycles. The molecule has 126 valence electrons. The molecule has 1 rings (SSSR count). The molecule has 0 aromatic carbocycles. The van der Waals surface area contributed by atoms with Crippen molar-refractivity contribution < 1.29 is 25.2 Å². The first kappa shape index (κ1) is 19.2. The predicted octanol–water partition coefficient (Wildman–Crippen LogP) is 0.341. The molecule has 5 atom stereocenters. The van der Waals surface area contributed by atoms with Crippen LogP contribution in [-0.2, 0) is 4.74 Å². The van der Waals surface area contributed by atoms with Gasteiger partial charge in [-0.05, 0) is 6.42 Å². The molecular weight excluding hydrogens is 294 g/mol. The van der Waals surface area contributed by atoms with Crippen LogP contribution < -0.4 is 4.72 Å². The van der Waals surface area contributed by atoms with Crippen LogP contribution in [0.1, 0.15) is 51.9 Å². The lowest BCUT2D eigenvalue weighted by Gasteiger charge is -2.47. The first-order valence-electron chi connectivity index (χ1n) is 7.77. The summed E-state index contributed by atoms with van der Waals surface area (Å²) in [6.07, 6.45) is 3.17. The van der Waals surface area contributed by atoms with Gasteiger partial charge in [0.1, 0.15) is 18.3 Å². The first-order chi connectivity index (χ1) is 10.00. The van der Waals surface area contributed by atoms with Crippen LogP contribution in [0.3, 0.4) is 0 Å². The fourth-order valence-electron chi connectivity index (χ4n) is 2.78. The van der Waals surface area contributed by atoms with Crippen molar-refractivity contribution >= 4 is 12.8 Å². The van der Waals surface area contributed by atoms with Gasteiger partial charge in [-0.1, -0.05) is 51.8 Å². The molecule has 0 radical (unpaired) electrons. The van der Waals surface area contributed by atoms with Gasteiger partial charge in [0.05, 0.1) is 12.6 Å². The van der Waals surface area contributed by atoms with Gasteiger partial charge in [0, 0.05) is 6.42 Å². The van der Waals surface area contributed by atoms with Gasteiger partial charge < -0.3 is 25.2 Å². The quantitative estimate of drug-likeness (QED) is 0.270. The molecule has 1 fully saturated rings. The Labute approximate surface area is 132 Å². The van der Waals surface area contributed by atoms with Crippen molar-refractivity contribution in [2.75, 3.05) is 6.61 Å². The van der Waals surface area contributed by atoms with Crippen LogP contribution in [0.5, 0.6) is 0 Å². The maximum Gasteiger partial charge on any atom is 0.185 e. The lowest BCUT2D eigenvalue weighted by atomic mass is 9.88. The molecule has 0 aliphatic carbocycles. The highest BCUT2D eigenvalue weighted by atomic mass is 32.1. The number of aliphatic hydroxyl groups is 4. The van der Waals surface area contributed by atoms with Crippen molar-refractivity contribution in [1.29, 1.82) is 0 Å². The summed E-state index contributed by atoms with van der Waals surface area (Å²) in [7, 11) is 0. The van der Waals surface area contributed by atoms with E-state index in [1.807, 2.05) is 0 Å². The van der Waals surface area contributed by atoms with Crippen molar-refractivity contribution in [3.8, 4) is 0 Å². The Morgan fingerprint density at radius 2 is 1.71 bits per heavy atom. The number of unbranched alkanes of at least 4 members (excludes halogenated alkanes) is 5. The summed E-state index contributed by atoms with van der Waals surface area (Å²) in [6, 6.07) is -0.908. The fourth-order valence-corrected chi connectivity index (χ4v) is 3.14. The third-order valence-corrected chi connectivity index (χ3v) is 4.40. The maximum absolute atomic E-state index is 10.6. The summed E-state index contributed by atoms with van der Waals surface area (Å²) in [6.45, 7) is 1.69. The van der Waals surface area contributed by atoms with E-state index >= 15 is 0 Å². The van der Waals surface area contributed by atoms with Crippen molar-refractivity contribution in [2.45, 2.75) is 82.0 Å². The lowest BCUT2D eigenvalue weighted by Crippen LogP contribution is -2.68. The van der Waals surface area contributed by atoms with E-state index in [2.05, 4.69) is 24.5 Å². The van der Waals surface area contributed by atoms with Crippen LogP contribution in [0.25, 0.3) is 0 Å². The van der Waals surface area contributed by atoms with E-state index in [1.54, 1.807) is 0 Å². The summed E-state index contributed by atoms with van der Waals surface area (Å²) in [5, 5.41) is 39.7. The minimum atomic E-state index is -1.64. The van der Waals surface area contributed by atoms with Crippen LogP contribution in [-0.4, -0.2) is 57.2 Å². The third-order valence-electron chi connectivity index (χ3n) is 4.12. The SMILES string of the molecule is CCCCCCCCC1(O)O[C@H](CO)[C@@H](O)[C@H](O)[C@H]1NS. The van der Waals surface area contributed by atoms with E-state index < -0.39 is 36.7 Å². The van der Waals surface area contributed by atoms with E-state index in [0.717, 1.165) is 19.3 Å². The highest BCUT2D eigenvalue weighted by molar-refractivity contribution is 7.78. The van der Waals surface area contributed by atoms with Gasteiger partial charge in [-0.15, -0.1) is 0 Å². The molecular formula is C14H29NO5S. The molecule has 7 heteroatoms. The zero-order valence-corrected chi connectivity index (χ0v) is 13.5. The Morgan fingerprint density at radius 1 is 1.10 bits per heavy atom. The van der Waals surface area contributed by atoms with Gasteiger partial charge in [0.15, 0.2) is 5.79 Å². The summed E-state index contributed by atoms with van der Waals surface area (Å²) in [4.78, 5) is 0. The Bertz CT molecular complexity index is 297. The molecule has 0 spiro atoms. The molecule has 0 saturated carbocycles. The molecule has 21 heavy (non-hydrogen) atoms. The molecule has 0 bridgehead atoms. The van der Waals surface area contributed by atoms with E-state index in [4.69, 9.17) is 4.74 Å². The molecule has 0 amide bonds. The van der Waals surface area contributed by atoms with Crippen LogP contribution in [0.15, 0.2) is 0 Å². The molecule has 5 N–H and O–H groups in total. The van der Waals surface area contributed by atoms with Crippen molar-refractivity contribution in [1.82, 2.24) is 4.72 Å². The molecule has 1 aliphatic rings. The second-order valence-electron chi connectivity index (χ2n) is 5.79. The first-order valence-corrected chi connectivity index (χ1v) is 8.21. The second-order valence-corrected chi connectivity index (χ2v) is 6.05. The third kappa shape index (κ3) is 5.06. The molecule has 0 aromatic heterocycles. The normalized spacial score (nSPS) is 36.9. The topological polar surface area (TPSA) is 102 Å². The van der Waals surface area contributed by atoms with Crippen molar-refractivity contribution in [3.05, 3.63) is 0 Å². The smallest absolute Gasteiger partial charge is 0.185 e. The number of nitrogens with one attached hydrogen (secondary N) is 1. The van der Waals surface area contributed by atoms with E-state index in [-0.39, 0.29) is 0 Å². The molecule has 1 saturated heterocycles. The van der Waals surface area contributed by atoms with E-state index in [1.165, 1.54) is 19.3 Å².